The zero-order chi connectivity index (χ0) is 21.3. The van der Waals surface area contributed by atoms with Crippen LogP contribution < -0.4 is 5.32 Å². The molecule has 0 saturated heterocycles. The van der Waals surface area contributed by atoms with Crippen LogP contribution in [0.4, 0.5) is 10.1 Å². The number of rotatable bonds is 5. The van der Waals surface area contributed by atoms with E-state index in [0.717, 1.165) is 16.5 Å². The second kappa shape index (κ2) is 8.08. The monoisotopic (exact) mass is 422 g/mol. The van der Waals surface area contributed by atoms with Crippen molar-refractivity contribution in [2.45, 2.75) is 12.5 Å². The normalized spacial score (nSPS) is 13.9. The van der Waals surface area contributed by atoms with Gasteiger partial charge in [-0.05, 0) is 35.9 Å². The van der Waals surface area contributed by atoms with Crippen LogP contribution in [0.1, 0.15) is 26.3 Å². The van der Waals surface area contributed by atoms with Crippen LogP contribution in [-0.4, -0.2) is 28.7 Å². The number of amides is 3. The highest BCUT2D eigenvalue weighted by atomic mass is 35.5. The fraction of sp³-hybridized carbons (Fsp3) is 0.0870. The number of carbonyl (C=O) groups excluding carboxylic acids is 3. The summed E-state index contributed by atoms with van der Waals surface area (Å²) in [7, 11) is 0. The zero-order valence-electron chi connectivity index (χ0n) is 15.6. The summed E-state index contributed by atoms with van der Waals surface area (Å²) < 4.78 is 13.4. The Morgan fingerprint density at radius 1 is 0.933 bits per heavy atom. The van der Waals surface area contributed by atoms with E-state index >= 15 is 0 Å². The van der Waals surface area contributed by atoms with Gasteiger partial charge in [0.15, 0.2) is 0 Å². The molecule has 3 amide bonds. The summed E-state index contributed by atoms with van der Waals surface area (Å²) in [5, 5.41) is 2.49. The molecule has 0 saturated carbocycles. The third kappa shape index (κ3) is 3.69. The number of nitrogens with one attached hydrogen (secondary N) is 1. The zero-order valence-corrected chi connectivity index (χ0v) is 16.4. The second-order valence-corrected chi connectivity index (χ2v) is 7.26. The summed E-state index contributed by atoms with van der Waals surface area (Å²) in [5.41, 5.74) is 1.57. The second-order valence-electron chi connectivity index (χ2n) is 6.85. The molecule has 0 unspecified atom stereocenters. The Morgan fingerprint density at radius 2 is 1.53 bits per heavy atom. The molecule has 1 atom stereocenters. The molecular weight excluding hydrogens is 407 g/mol. The van der Waals surface area contributed by atoms with Crippen LogP contribution in [0.3, 0.4) is 0 Å². The van der Waals surface area contributed by atoms with E-state index in [1.54, 1.807) is 24.3 Å². The predicted octanol–water partition coefficient (Wildman–Crippen LogP) is 4.33. The van der Waals surface area contributed by atoms with Gasteiger partial charge in [0, 0.05) is 12.1 Å². The lowest BCUT2D eigenvalue weighted by atomic mass is 10.0. The summed E-state index contributed by atoms with van der Waals surface area (Å²) in [6.07, 6.45) is 0.132. The Balaban J connectivity index is 1.68. The molecule has 3 aromatic carbocycles. The van der Waals surface area contributed by atoms with Gasteiger partial charge in [-0.1, -0.05) is 54.1 Å². The molecule has 5 nitrogen and oxygen atoms in total. The fourth-order valence-electron chi connectivity index (χ4n) is 3.43. The molecule has 1 heterocycles. The van der Waals surface area contributed by atoms with Gasteiger partial charge in [-0.25, -0.2) is 4.39 Å². The SMILES string of the molecule is O=C(Nc1ccc(F)c(Cl)c1)[C@H](Cc1ccccc1)N1C(=O)c2ccccc2C1=O. The number of imide groups is 1. The quantitative estimate of drug-likeness (QED) is 0.622. The first-order chi connectivity index (χ1) is 14.5. The maximum atomic E-state index is 13.4. The number of carbonyl (C=O) groups is 3. The maximum Gasteiger partial charge on any atom is 0.262 e. The molecule has 0 fully saturated rings. The highest BCUT2D eigenvalue weighted by Gasteiger charge is 2.42. The standard InChI is InChI=1S/C23H16ClFN2O3/c24-18-13-15(10-11-19(18)25)26-21(28)20(12-14-6-2-1-3-7-14)27-22(29)16-8-4-5-9-17(16)23(27)30/h1-11,13,20H,12H2,(H,26,28)/t20-/m0/s1. The van der Waals surface area contributed by atoms with Crippen molar-refractivity contribution in [3.63, 3.8) is 0 Å². The molecule has 0 spiro atoms. The molecule has 30 heavy (non-hydrogen) atoms. The number of hydrogen-bond donors (Lipinski definition) is 1. The number of halogens is 2. The number of hydrogen-bond acceptors (Lipinski definition) is 3. The van der Waals surface area contributed by atoms with Crippen LogP contribution in [0.15, 0.2) is 72.8 Å². The van der Waals surface area contributed by atoms with Crippen molar-refractivity contribution in [1.82, 2.24) is 4.90 Å². The maximum absolute atomic E-state index is 13.4. The molecule has 3 aromatic rings. The average Bonchev–Trinajstić information content (AvgIpc) is 3.00. The van der Waals surface area contributed by atoms with Crippen LogP contribution in [-0.2, 0) is 11.2 Å². The van der Waals surface area contributed by atoms with E-state index < -0.39 is 29.6 Å². The van der Waals surface area contributed by atoms with Crippen LogP contribution >= 0.6 is 11.6 Å². The third-order valence-electron chi connectivity index (χ3n) is 4.90. The number of nitrogens with zero attached hydrogens (tertiary/aromatic N) is 1. The van der Waals surface area contributed by atoms with Crippen LogP contribution in [0.25, 0.3) is 0 Å². The lowest BCUT2D eigenvalue weighted by molar-refractivity contribution is -0.119. The van der Waals surface area contributed by atoms with Crippen LogP contribution in [0.2, 0.25) is 5.02 Å². The van der Waals surface area contributed by atoms with Crippen molar-refractivity contribution in [3.05, 3.63) is 100 Å². The van der Waals surface area contributed by atoms with E-state index in [2.05, 4.69) is 5.32 Å². The Hall–Kier alpha value is -3.51. The summed E-state index contributed by atoms with van der Waals surface area (Å²) in [6, 6.07) is 18.2. The largest absolute Gasteiger partial charge is 0.324 e. The first-order valence-electron chi connectivity index (χ1n) is 9.22. The predicted molar refractivity (Wildman–Crippen MR) is 111 cm³/mol. The topological polar surface area (TPSA) is 66.5 Å². The number of benzene rings is 3. The van der Waals surface area contributed by atoms with E-state index in [0.29, 0.717) is 0 Å². The Labute approximate surface area is 177 Å². The number of anilines is 1. The lowest BCUT2D eigenvalue weighted by Gasteiger charge is -2.25. The molecule has 7 heteroatoms. The summed E-state index contributed by atoms with van der Waals surface area (Å²) in [6.45, 7) is 0. The van der Waals surface area contributed by atoms with Crippen LogP contribution in [0.5, 0.6) is 0 Å². The summed E-state index contributed by atoms with van der Waals surface area (Å²) in [4.78, 5) is 40.0. The van der Waals surface area contributed by atoms with Gasteiger partial charge >= 0.3 is 0 Å². The average molecular weight is 423 g/mol. The van der Waals surface area contributed by atoms with Gasteiger partial charge in [0.2, 0.25) is 5.91 Å². The van der Waals surface area contributed by atoms with Crippen molar-refractivity contribution in [3.8, 4) is 0 Å². The molecule has 1 N–H and O–H groups in total. The Kier molecular flexibility index (Phi) is 5.33. The summed E-state index contributed by atoms with van der Waals surface area (Å²) >= 11 is 5.80. The lowest BCUT2D eigenvalue weighted by Crippen LogP contribution is -2.48. The molecule has 1 aliphatic heterocycles. The smallest absolute Gasteiger partial charge is 0.262 e. The van der Waals surface area contributed by atoms with Crippen molar-refractivity contribution >= 4 is 35.0 Å². The van der Waals surface area contributed by atoms with E-state index in [1.807, 2.05) is 30.3 Å². The van der Waals surface area contributed by atoms with Crippen molar-refractivity contribution in [2.75, 3.05) is 5.32 Å². The highest BCUT2D eigenvalue weighted by molar-refractivity contribution is 6.31. The van der Waals surface area contributed by atoms with Gasteiger partial charge in [-0.2, -0.15) is 0 Å². The van der Waals surface area contributed by atoms with E-state index in [9.17, 15) is 18.8 Å². The molecule has 0 bridgehead atoms. The molecular formula is C23H16ClFN2O3. The molecule has 1 aliphatic rings. The fourth-order valence-corrected chi connectivity index (χ4v) is 3.61. The van der Waals surface area contributed by atoms with Gasteiger partial charge in [0.1, 0.15) is 11.9 Å². The minimum absolute atomic E-state index is 0.132. The minimum Gasteiger partial charge on any atom is -0.324 e. The highest BCUT2D eigenvalue weighted by Crippen LogP contribution is 2.27. The van der Waals surface area contributed by atoms with Crippen LogP contribution in [0, 0.1) is 5.82 Å². The van der Waals surface area contributed by atoms with Gasteiger partial charge in [-0.15, -0.1) is 0 Å². The van der Waals surface area contributed by atoms with Gasteiger partial charge in [0.25, 0.3) is 11.8 Å². The molecule has 150 valence electrons. The Morgan fingerprint density at radius 3 is 2.13 bits per heavy atom. The minimum atomic E-state index is -1.09. The molecule has 0 aromatic heterocycles. The first kappa shape index (κ1) is 19.8. The number of fused-ring (bicyclic) bond motifs is 1. The van der Waals surface area contributed by atoms with Crippen molar-refractivity contribution in [1.29, 1.82) is 0 Å². The molecule has 4 rings (SSSR count). The molecule has 0 aliphatic carbocycles. The Bertz CT molecular complexity index is 1120. The summed E-state index contributed by atoms with van der Waals surface area (Å²) in [5.74, 6) is -2.24. The molecule has 0 radical (unpaired) electrons. The van der Waals surface area contributed by atoms with Gasteiger partial charge in [0.05, 0.1) is 16.1 Å². The van der Waals surface area contributed by atoms with Crippen molar-refractivity contribution in [2.24, 2.45) is 0 Å². The van der Waals surface area contributed by atoms with E-state index in [-0.39, 0.29) is 28.3 Å². The van der Waals surface area contributed by atoms with E-state index in [1.165, 1.54) is 12.1 Å². The van der Waals surface area contributed by atoms with Gasteiger partial charge < -0.3 is 5.32 Å². The van der Waals surface area contributed by atoms with E-state index in [4.69, 9.17) is 11.6 Å². The van der Waals surface area contributed by atoms with Gasteiger partial charge in [-0.3, -0.25) is 19.3 Å². The first-order valence-corrected chi connectivity index (χ1v) is 9.60. The third-order valence-corrected chi connectivity index (χ3v) is 5.19. The van der Waals surface area contributed by atoms with Crippen molar-refractivity contribution < 1.29 is 18.8 Å².